The molecule has 1 unspecified atom stereocenters. The van der Waals surface area contributed by atoms with Crippen molar-refractivity contribution >= 4 is 0 Å². The van der Waals surface area contributed by atoms with Crippen molar-refractivity contribution in [3.05, 3.63) is 71.0 Å². The van der Waals surface area contributed by atoms with Crippen molar-refractivity contribution in [1.82, 2.24) is 0 Å². The molecule has 0 aromatic heterocycles. The number of halogens is 1. The molecular weight excluding hydrogens is 251 g/mol. The molecule has 0 aliphatic heterocycles. The normalized spacial score (nSPS) is 13.2. The van der Waals surface area contributed by atoms with Gasteiger partial charge in [0, 0.05) is 6.42 Å². The van der Waals surface area contributed by atoms with E-state index in [4.69, 9.17) is 0 Å². The van der Waals surface area contributed by atoms with E-state index < -0.39 is 6.10 Å². The SMILES string of the molecule is CC(C)(C)c1ccccc1C(O)Cc1cccc(F)c1. The lowest BCUT2D eigenvalue weighted by Crippen LogP contribution is -2.17. The van der Waals surface area contributed by atoms with Crippen molar-refractivity contribution in [3.63, 3.8) is 0 Å². The van der Waals surface area contributed by atoms with Gasteiger partial charge in [-0.2, -0.15) is 0 Å². The highest BCUT2D eigenvalue weighted by Crippen LogP contribution is 2.31. The van der Waals surface area contributed by atoms with Crippen LogP contribution in [0.2, 0.25) is 0 Å². The van der Waals surface area contributed by atoms with Gasteiger partial charge in [-0.3, -0.25) is 0 Å². The van der Waals surface area contributed by atoms with Gasteiger partial charge in [0.1, 0.15) is 5.82 Å². The summed E-state index contributed by atoms with van der Waals surface area (Å²) in [6.45, 7) is 6.38. The maximum absolute atomic E-state index is 13.2. The second-order valence-electron chi connectivity index (χ2n) is 6.19. The van der Waals surface area contributed by atoms with E-state index in [1.807, 2.05) is 30.3 Å². The molecule has 0 aliphatic rings. The molecule has 0 radical (unpaired) electrons. The van der Waals surface area contributed by atoms with E-state index in [-0.39, 0.29) is 11.2 Å². The van der Waals surface area contributed by atoms with Crippen molar-refractivity contribution in [2.75, 3.05) is 0 Å². The van der Waals surface area contributed by atoms with E-state index >= 15 is 0 Å². The third-order valence-corrected chi connectivity index (χ3v) is 3.45. The molecule has 0 heterocycles. The number of hydrogen-bond acceptors (Lipinski definition) is 1. The second kappa shape index (κ2) is 5.76. The summed E-state index contributed by atoms with van der Waals surface area (Å²) in [5, 5.41) is 10.5. The van der Waals surface area contributed by atoms with Crippen LogP contribution in [0.1, 0.15) is 43.6 Å². The predicted molar refractivity (Wildman–Crippen MR) is 80.2 cm³/mol. The van der Waals surface area contributed by atoms with Crippen molar-refractivity contribution in [2.45, 2.75) is 38.7 Å². The van der Waals surface area contributed by atoms with Crippen molar-refractivity contribution in [3.8, 4) is 0 Å². The molecule has 0 amide bonds. The summed E-state index contributed by atoms with van der Waals surface area (Å²) in [6, 6.07) is 14.3. The van der Waals surface area contributed by atoms with E-state index in [0.29, 0.717) is 6.42 Å². The van der Waals surface area contributed by atoms with Crippen LogP contribution in [0.4, 0.5) is 4.39 Å². The fourth-order valence-corrected chi connectivity index (χ4v) is 2.47. The predicted octanol–water partition coefficient (Wildman–Crippen LogP) is 4.40. The molecule has 1 atom stereocenters. The Bertz CT molecular complexity index is 584. The molecule has 0 spiro atoms. The zero-order valence-corrected chi connectivity index (χ0v) is 12.2. The van der Waals surface area contributed by atoms with Crippen LogP contribution < -0.4 is 0 Å². The molecule has 0 fully saturated rings. The second-order valence-corrected chi connectivity index (χ2v) is 6.19. The zero-order valence-electron chi connectivity index (χ0n) is 12.2. The van der Waals surface area contributed by atoms with Gasteiger partial charge in [0.2, 0.25) is 0 Å². The van der Waals surface area contributed by atoms with Gasteiger partial charge in [0.05, 0.1) is 6.10 Å². The Morgan fingerprint density at radius 1 is 1.05 bits per heavy atom. The van der Waals surface area contributed by atoms with E-state index in [1.54, 1.807) is 6.07 Å². The minimum atomic E-state index is -0.618. The van der Waals surface area contributed by atoms with Gasteiger partial charge in [0.25, 0.3) is 0 Å². The summed E-state index contributed by atoms with van der Waals surface area (Å²) < 4.78 is 13.2. The highest BCUT2D eigenvalue weighted by molar-refractivity contribution is 5.35. The van der Waals surface area contributed by atoms with Crippen LogP contribution in [0.15, 0.2) is 48.5 Å². The van der Waals surface area contributed by atoms with E-state index in [9.17, 15) is 9.50 Å². The van der Waals surface area contributed by atoms with Crippen LogP contribution in [-0.4, -0.2) is 5.11 Å². The van der Waals surface area contributed by atoms with Crippen LogP contribution in [0.5, 0.6) is 0 Å². The third-order valence-electron chi connectivity index (χ3n) is 3.45. The lowest BCUT2D eigenvalue weighted by molar-refractivity contribution is 0.176. The largest absolute Gasteiger partial charge is 0.388 e. The molecule has 0 bridgehead atoms. The van der Waals surface area contributed by atoms with Gasteiger partial charge in [0.15, 0.2) is 0 Å². The number of aliphatic hydroxyl groups is 1. The smallest absolute Gasteiger partial charge is 0.123 e. The Morgan fingerprint density at radius 2 is 1.75 bits per heavy atom. The quantitative estimate of drug-likeness (QED) is 0.878. The Hall–Kier alpha value is -1.67. The van der Waals surface area contributed by atoms with E-state index in [2.05, 4.69) is 20.8 Å². The summed E-state index contributed by atoms with van der Waals surface area (Å²) in [5.41, 5.74) is 2.83. The molecule has 0 aliphatic carbocycles. The van der Waals surface area contributed by atoms with E-state index in [1.165, 1.54) is 12.1 Å². The minimum Gasteiger partial charge on any atom is -0.388 e. The Labute approximate surface area is 120 Å². The Kier molecular flexibility index (Phi) is 4.24. The third kappa shape index (κ3) is 3.45. The maximum Gasteiger partial charge on any atom is 0.123 e. The number of rotatable bonds is 3. The fourth-order valence-electron chi connectivity index (χ4n) is 2.47. The molecule has 106 valence electrons. The van der Waals surface area contributed by atoms with Gasteiger partial charge in [-0.15, -0.1) is 0 Å². The average Bonchev–Trinajstić information content (AvgIpc) is 2.37. The van der Waals surface area contributed by atoms with Crippen molar-refractivity contribution in [1.29, 1.82) is 0 Å². The van der Waals surface area contributed by atoms with Crippen LogP contribution in [0.25, 0.3) is 0 Å². The fraction of sp³-hybridized carbons (Fsp3) is 0.333. The van der Waals surface area contributed by atoms with Gasteiger partial charge >= 0.3 is 0 Å². The Morgan fingerprint density at radius 3 is 2.40 bits per heavy atom. The molecule has 2 aromatic rings. The highest BCUT2D eigenvalue weighted by atomic mass is 19.1. The van der Waals surface area contributed by atoms with Crippen LogP contribution in [0.3, 0.4) is 0 Å². The zero-order chi connectivity index (χ0) is 14.8. The first kappa shape index (κ1) is 14.7. The van der Waals surface area contributed by atoms with Gasteiger partial charge in [-0.25, -0.2) is 4.39 Å². The number of aliphatic hydroxyl groups excluding tert-OH is 1. The average molecular weight is 272 g/mol. The molecule has 20 heavy (non-hydrogen) atoms. The monoisotopic (exact) mass is 272 g/mol. The molecule has 2 heteroatoms. The summed E-state index contributed by atoms with van der Waals surface area (Å²) in [7, 11) is 0. The standard InChI is InChI=1S/C18H21FO/c1-18(2,3)16-10-5-4-9-15(16)17(20)12-13-7-6-8-14(19)11-13/h4-11,17,20H,12H2,1-3H3. The van der Waals surface area contributed by atoms with Gasteiger partial charge in [-0.1, -0.05) is 57.2 Å². The minimum absolute atomic E-state index is 0.0283. The summed E-state index contributed by atoms with van der Waals surface area (Å²) in [5.74, 6) is -0.265. The lowest BCUT2D eigenvalue weighted by atomic mass is 9.81. The van der Waals surface area contributed by atoms with Crippen molar-refractivity contribution < 1.29 is 9.50 Å². The molecule has 1 nitrogen and oxygen atoms in total. The number of hydrogen-bond donors (Lipinski definition) is 1. The van der Waals surface area contributed by atoms with Crippen LogP contribution >= 0.6 is 0 Å². The highest BCUT2D eigenvalue weighted by Gasteiger charge is 2.21. The van der Waals surface area contributed by atoms with Gasteiger partial charge < -0.3 is 5.11 Å². The topological polar surface area (TPSA) is 20.2 Å². The first-order valence-corrected chi connectivity index (χ1v) is 6.90. The molecule has 1 N–H and O–H groups in total. The summed E-state index contributed by atoms with van der Waals surface area (Å²) in [6.07, 6.45) is -0.197. The molecule has 2 aromatic carbocycles. The maximum atomic E-state index is 13.2. The lowest BCUT2D eigenvalue weighted by Gasteiger charge is -2.25. The van der Waals surface area contributed by atoms with Crippen LogP contribution in [-0.2, 0) is 11.8 Å². The van der Waals surface area contributed by atoms with E-state index in [0.717, 1.165) is 16.7 Å². The van der Waals surface area contributed by atoms with Crippen LogP contribution in [0, 0.1) is 5.82 Å². The number of benzene rings is 2. The first-order valence-electron chi connectivity index (χ1n) is 6.90. The Balaban J connectivity index is 2.28. The molecular formula is C18H21FO. The van der Waals surface area contributed by atoms with Crippen molar-refractivity contribution in [2.24, 2.45) is 0 Å². The first-order chi connectivity index (χ1) is 9.38. The molecule has 0 saturated heterocycles. The molecule has 0 saturated carbocycles. The van der Waals surface area contributed by atoms with Gasteiger partial charge in [-0.05, 0) is 34.2 Å². The molecule has 2 rings (SSSR count). The summed E-state index contributed by atoms with van der Waals surface area (Å²) in [4.78, 5) is 0. The summed E-state index contributed by atoms with van der Waals surface area (Å²) >= 11 is 0.